The third kappa shape index (κ3) is 2.17. The van der Waals surface area contributed by atoms with Gasteiger partial charge < -0.3 is 10.2 Å². The number of carbonyl (C=O) groups is 1. The molecule has 18 heavy (non-hydrogen) atoms. The second-order valence-electron chi connectivity index (χ2n) is 4.21. The Bertz CT molecular complexity index is 566. The molecule has 0 saturated carbocycles. The van der Waals surface area contributed by atoms with E-state index in [2.05, 4.69) is 0 Å². The highest BCUT2D eigenvalue weighted by Gasteiger charge is 2.22. The molecule has 1 atom stereocenters. The average Bonchev–Trinajstić information content (AvgIpc) is 2.77. The Kier molecular flexibility index (Phi) is 3.50. The van der Waals surface area contributed by atoms with Crippen molar-refractivity contribution in [3.63, 3.8) is 0 Å². The molecule has 1 heterocycles. The van der Waals surface area contributed by atoms with E-state index in [4.69, 9.17) is 5.11 Å². The van der Waals surface area contributed by atoms with Crippen LogP contribution >= 0.6 is 11.3 Å². The Morgan fingerprint density at radius 3 is 2.39 bits per heavy atom. The number of aliphatic hydroxyl groups excluding tert-OH is 1. The molecule has 0 fully saturated rings. The predicted molar refractivity (Wildman–Crippen MR) is 71.3 cm³/mol. The summed E-state index contributed by atoms with van der Waals surface area (Å²) in [5, 5.41) is 21.2. The number of aryl methyl sites for hydroxylation is 2. The molecule has 0 bridgehead atoms. The zero-order valence-electron chi connectivity index (χ0n) is 10.2. The first-order valence-corrected chi connectivity index (χ1v) is 6.45. The molecular weight excluding hydrogens is 248 g/mol. The number of carboxylic acid groups (broad SMARTS) is 1. The van der Waals surface area contributed by atoms with Crippen LogP contribution < -0.4 is 0 Å². The minimum atomic E-state index is -1.00. The number of thiophene rings is 1. The number of carboxylic acids is 1. The van der Waals surface area contributed by atoms with Crippen LogP contribution in [0.5, 0.6) is 0 Å². The van der Waals surface area contributed by atoms with Crippen molar-refractivity contribution in [1.29, 1.82) is 0 Å². The first-order valence-electron chi connectivity index (χ1n) is 5.57. The van der Waals surface area contributed by atoms with E-state index in [0.29, 0.717) is 4.88 Å². The van der Waals surface area contributed by atoms with E-state index in [9.17, 15) is 9.90 Å². The summed E-state index contributed by atoms with van der Waals surface area (Å²) in [7, 11) is 0. The largest absolute Gasteiger partial charge is 0.478 e. The molecule has 1 aromatic carbocycles. The maximum atomic E-state index is 11.1. The Morgan fingerprint density at radius 2 is 1.83 bits per heavy atom. The number of hydrogen-bond acceptors (Lipinski definition) is 3. The van der Waals surface area contributed by atoms with E-state index in [1.54, 1.807) is 5.38 Å². The van der Waals surface area contributed by atoms with Crippen molar-refractivity contribution in [3.05, 3.63) is 56.8 Å². The van der Waals surface area contributed by atoms with Gasteiger partial charge in [0.1, 0.15) is 6.10 Å². The zero-order chi connectivity index (χ0) is 13.3. The lowest BCUT2D eigenvalue weighted by Crippen LogP contribution is -2.07. The zero-order valence-corrected chi connectivity index (χ0v) is 11.0. The maximum absolute atomic E-state index is 11.1. The summed E-state index contributed by atoms with van der Waals surface area (Å²) in [5.41, 5.74) is 2.90. The molecule has 94 valence electrons. The lowest BCUT2D eigenvalue weighted by atomic mass is 9.96. The van der Waals surface area contributed by atoms with Crippen LogP contribution in [0.3, 0.4) is 0 Å². The first-order chi connectivity index (χ1) is 8.52. The number of aliphatic hydroxyl groups is 1. The number of hydrogen-bond donors (Lipinski definition) is 2. The summed E-state index contributed by atoms with van der Waals surface area (Å²) in [6.45, 7) is 3.83. The summed E-state index contributed by atoms with van der Waals surface area (Å²) >= 11 is 1.27. The third-order valence-electron chi connectivity index (χ3n) is 2.99. The van der Waals surface area contributed by atoms with Crippen molar-refractivity contribution in [3.8, 4) is 0 Å². The average molecular weight is 262 g/mol. The molecule has 0 spiro atoms. The van der Waals surface area contributed by atoms with Crippen LogP contribution in [0.2, 0.25) is 0 Å². The van der Waals surface area contributed by atoms with Crippen LogP contribution in [0.4, 0.5) is 0 Å². The standard InChI is InChI=1S/C14H14O3S/c1-8-4-3-5-9(2)11(8)12(15)13-10(14(16)17)6-7-18-13/h3-7,12,15H,1-2H3,(H,16,17). The predicted octanol–water partition coefficient (Wildman–Crippen LogP) is 3.14. The van der Waals surface area contributed by atoms with Gasteiger partial charge in [0.2, 0.25) is 0 Å². The highest BCUT2D eigenvalue weighted by molar-refractivity contribution is 7.10. The van der Waals surface area contributed by atoms with Crippen molar-refractivity contribution in [2.24, 2.45) is 0 Å². The van der Waals surface area contributed by atoms with Gasteiger partial charge in [-0.15, -0.1) is 11.3 Å². The minimum Gasteiger partial charge on any atom is -0.478 e. The number of benzene rings is 1. The van der Waals surface area contributed by atoms with Crippen molar-refractivity contribution in [2.75, 3.05) is 0 Å². The van der Waals surface area contributed by atoms with E-state index < -0.39 is 12.1 Å². The maximum Gasteiger partial charge on any atom is 0.336 e. The second-order valence-corrected chi connectivity index (χ2v) is 5.16. The van der Waals surface area contributed by atoms with E-state index >= 15 is 0 Å². The normalized spacial score (nSPS) is 12.4. The molecule has 0 radical (unpaired) electrons. The van der Waals surface area contributed by atoms with Crippen molar-refractivity contribution < 1.29 is 15.0 Å². The lowest BCUT2D eigenvalue weighted by Gasteiger charge is -2.16. The smallest absolute Gasteiger partial charge is 0.336 e. The van der Waals surface area contributed by atoms with E-state index in [-0.39, 0.29) is 5.56 Å². The molecule has 3 nitrogen and oxygen atoms in total. The lowest BCUT2D eigenvalue weighted by molar-refractivity contribution is 0.0692. The monoisotopic (exact) mass is 262 g/mol. The van der Waals surface area contributed by atoms with E-state index in [1.165, 1.54) is 17.4 Å². The van der Waals surface area contributed by atoms with Crippen molar-refractivity contribution >= 4 is 17.3 Å². The molecule has 0 amide bonds. The van der Waals surface area contributed by atoms with E-state index in [1.807, 2.05) is 32.0 Å². The Hall–Kier alpha value is -1.65. The molecule has 0 saturated heterocycles. The second kappa shape index (κ2) is 4.92. The summed E-state index contributed by atoms with van der Waals surface area (Å²) in [4.78, 5) is 11.6. The molecule has 2 aromatic rings. The Morgan fingerprint density at radius 1 is 1.22 bits per heavy atom. The summed E-state index contributed by atoms with van der Waals surface area (Å²) in [6.07, 6.45) is -0.878. The van der Waals surface area contributed by atoms with Crippen LogP contribution in [-0.4, -0.2) is 16.2 Å². The quantitative estimate of drug-likeness (QED) is 0.893. The Labute approximate surface area is 109 Å². The van der Waals surface area contributed by atoms with E-state index in [0.717, 1.165) is 16.7 Å². The fraction of sp³-hybridized carbons (Fsp3) is 0.214. The van der Waals surface area contributed by atoms with Crippen molar-refractivity contribution in [1.82, 2.24) is 0 Å². The molecule has 2 rings (SSSR count). The fourth-order valence-corrected chi connectivity index (χ4v) is 2.98. The highest BCUT2D eigenvalue weighted by Crippen LogP contribution is 2.33. The van der Waals surface area contributed by atoms with Gasteiger partial charge in [-0.1, -0.05) is 18.2 Å². The molecule has 0 aliphatic carbocycles. The van der Waals surface area contributed by atoms with Crippen LogP contribution in [0.1, 0.15) is 38.0 Å². The van der Waals surface area contributed by atoms with Crippen LogP contribution in [0, 0.1) is 13.8 Å². The van der Waals surface area contributed by atoms with Gasteiger partial charge in [-0.25, -0.2) is 4.79 Å². The van der Waals surface area contributed by atoms with Gasteiger partial charge >= 0.3 is 5.97 Å². The van der Waals surface area contributed by atoms with Crippen LogP contribution in [0.15, 0.2) is 29.6 Å². The van der Waals surface area contributed by atoms with Gasteiger partial charge in [-0.3, -0.25) is 0 Å². The molecule has 1 unspecified atom stereocenters. The molecule has 1 aromatic heterocycles. The number of aromatic carboxylic acids is 1. The highest BCUT2D eigenvalue weighted by atomic mass is 32.1. The molecule has 0 aliphatic heterocycles. The number of rotatable bonds is 3. The summed E-state index contributed by atoms with van der Waals surface area (Å²) < 4.78 is 0. The Balaban J connectivity index is 2.51. The van der Waals surface area contributed by atoms with Gasteiger partial charge in [-0.05, 0) is 42.0 Å². The fourth-order valence-electron chi connectivity index (χ4n) is 2.10. The third-order valence-corrected chi connectivity index (χ3v) is 3.96. The topological polar surface area (TPSA) is 57.5 Å². The molecule has 0 aliphatic rings. The first kappa shape index (κ1) is 12.8. The van der Waals surface area contributed by atoms with Gasteiger partial charge in [-0.2, -0.15) is 0 Å². The SMILES string of the molecule is Cc1cccc(C)c1C(O)c1sccc1C(=O)O. The molecule has 2 N–H and O–H groups in total. The molecular formula is C14H14O3S. The van der Waals surface area contributed by atoms with Gasteiger partial charge in [0.25, 0.3) is 0 Å². The summed E-state index contributed by atoms with van der Waals surface area (Å²) in [6, 6.07) is 7.28. The van der Waals surface area contributed by atoms with Gasteiger partial charge in [0.15, 0.2) is 0 Å². The van der Waals surface area contributed by atoms with Crippen molar-refractivity contribution in [2.45, 2.75) is 20.0 Å². The van der Waals surface area contributed by atoms with Gasteiger partial charge in [0, 0.05) is 0 Å². The van der Waals surface area contributed by atoms with Crippen LogP contribution in [0.25, 0.3) is 0 Å². The van der Waals surface area contributed by atoms with Crippen LogP contribution in [-0.2, 0) is 0 Å². The minimum absolute atomic E-state index is 0.176. The summed E-state index contributed by atoms with van der Waals surface area (Å²) in [5.74, 6) is -1.00. The molecule has 4 heteroatoms. The van der Waals surface area contributed by atoms with Gasteiger partial charge in [0.05, 0.1) is 10.4 Å².